The molecule has 3 aromatic rings. The molecule has 102 valence electrons. The van der Waals surface area contributed by atoms with Crippen molar-refractivity contribution in [1.82, 2.24) is 19.5 Å². The molecule has 0 aromatic carbocycles. The second kappa shape index (κ2) is 5.75. The lowest BCUT2D eigenvalue weighted by Gasteiger charge is -2.04. The molecule has 3 rings (SSSR count). The van der Waals surface area contributed by atoms with Crippen LogP contribution in [0.5, 0.6) is 0 Å². The molecule has 0 fully saturated rings. The fourth-order valence-electron chi connectivity index (χ4n) is 1.96. The van der Waals surface area contributed by atoms with Crippen LogP contribution in [0, 0.1) is 0 Å². The Morgan fingerprint density at radius 2 is 2.35 bits per heavy atom. The molecule has 1 amide bonds. The summed E-state index contributed by atoms with van der Waals surface area (Å²) in [6.07, 6.45) is 9.00. The SMILES string of the molecule is O=C(C=Cc1cccs1)NCCn1ccn2nccc12. The van der Waals surface area contributed by atoms with Crippen molar-refractivity contribution in [2.75, 3.05) is 6.54 Å². The number of hydrogen-bond acceptors (Lipinski definition) is 3. The quantitative estimate of drug-likeness (QED) is 0.730. The Bertz CT molecular complexity index is 723. The van der Waals surface area contributed by atoms with Crippen LogP contribution in [0.15, 0.2) is 48.2 Å². The minimum absolute atomic E-state index is 0.0740. The van der Waals surface area contributed by atoms with Crippen LogP contribution in [0.4, 0.5) is 0 Å². The highest BCUT2D eigenvalue weighted by Gasteiger charge is 2.01. The van der Waals surface area contributed by atoms with Crippen molar-refractivity contribution in [2.45, 2.75) is 6.54 Å². The van der Waals surface area contributed by atoms with Crippen molar-refractivity contribution in [3.8, 4) is 0 Å². The first-order chi connectivity index (χ1) is 9.83. The zero-order valence-electron chi connectivity index (χ0n) is 10.8. The third-order valence-corrected chi connectivity index (χ3v) is 3.76. The van der Waals surface area contributed by atoms with E-state index >= 15 is 0 Å². The van der Waals surface area contributed by atoms with E-state index in [0.29, 0.717) is 6.54 Å². The van der Waals surface area contributed by atoms with Crippen LogP contribution in [0.25, 0.3) is 11.7 Å². The van der Waals surface area contributed by atoms with E-state index in [2.05, 4.69) is 15.0 Å². The standard InChI is InChI=1S/C14H14N4OS/c19-13(4-3-12-2-1-11-20-12)15-7-8-17-9-10-18-14(17)5-6-16-18/h1-6,9-11H,7-8H2,(H,15,19). The highest BCUT2D eigenvalue weighted by molar-refractivity contribution is 7.10. The van der Waals surface area contributed by atoms with Gasteiger partial charge in [0.25, 0.3) is 0 Å². The number of nitrogens with zero attached hydrogens (tertiary/aromatic N) is 3. The average Bonchev–Trinajstić information content (AvgIpc) is 3.15. The van der Waals surface area contributed by atoms with Gasteiger partial charge in [0.2, 0.25) is 5.91 Å². The van der Waals surface area contributed by atoms with E-state index in [1.807, 2.05) is 42.0 Å². The van der Waals surface area contributed by atoms with Crippen LogP contribution < -0.4 is 5.32 Å². The van der Waals surface area contributed by atoms with E-state index < -0.39 is 0 Å². The highest BCUT2D eigenvalue weighted by atomic mass is 32.1. The van der Waals surface area contributed by atoms with E-state index in [1.165, 1.54) is 0 Å². The predicted octanol–water partition coefficient (Wildman–Crippen LogP) is 2.03. The summed E-state index contributed by atoms with van der Waals surface area (Å²) in [5, 5.41) is 8.99. The number of rotatable bonds is 5. The maximum Gasteiger partial charge on any atom is 0.244 e. The lowest BCUT2D eigenvalue weighted by molar-refractivity contribution is -0.116. The van der Waals surface area contributed by atoms with E-state index in [-0.39, 0.29) is 5.91 Å². The molecule has 5 nitrogen and oxygen atoms in total. The van der Waals surface area contributed by atoms with Crippen molar-refractivity contribution in [3.05, 3.63) is 53.1 Å². The van der Waals surface area contributed by atoms with Gasteiger partial charge in [-0.15, -0.1) is 11.3 Å². The number of aromatic nitrogens is 3. The van der Waals surface area contributed by atoms with Crippen molar-refractivity contribution in [3.63, 3.8) is 0 Å². The third-order valence-electron chi connectivity index (χ3n) is 2.93. The normalized spacial score (nSPS) is 11.4. The Kier molecular flexibility index (Phi) is 3.64. The second-order valence-electron chi connectivity index (χ2n) is 4.27. The van der Waals surface area contributed by atoms with Gasteiger partial charge in [0, 0.05) is 42.5 Å². The first kappa shape index (κ1) is 12.7. The Labute approximate surface area is 120 Å². The van der Waals surface area contributed by atoms with E-state index in [9.17, 15) is 4.79 Å². The molecule has 0 spiro atoms. The number of thiophene rings is 1. The van der Waals surface area contributed by atoms with Crippen LogP contribution in [-0.2, 0) is 11.3 Å². The van der Waals surface area contributed by atoms with Gasteiger partial charge in [0.15, 0.2) is 0 Å². The van der Waals surface area contributed by atoms with Crippen molar-refractivity contribution < 1.29 is 4.79 Å². The molecule has 3 heterocycles. The van der Waals surface area contributed by atoms with E-state index in [4.69, 9.17) is 0 Å². The topological polar surface area (TPSA) is 51.3 Å². The van der Waals surface area contributed by atoms with E-state index in [1.54, 1.807) is 28.1 Å². The zero-order valence-corrected chi connectivity index (χ0v) is 11.6. The minimum atomic E-state index is -0.0740. The van der Waals surface area contributed by atoms with Gasteiger partial charge >= 0.3 is 0 Å². The van der Waals surface area contributed by atoms with Crippen LogP contribution in [0.1, 0.15) is 4.88 Å². The summed E-state index contributed by atoms with van der Waals surface area (Å²) < 4.78 is 3.86. The number of fused-ring (bicyclic) bond motifs is 1. The van der Waals surface area contributed by atoms with Gasteiger partial charge < -0.3 is 9.88 Å². The number of imidazole rings is 1. The molecular weight excluding hydrogens is 272 g/mol. The minimum Gasteiger partial charge on any atom is -0.351 e. The van der Waals surface area contributed by atoms with Gasteiger partial charge in [0.05, 0.1) is 6.20 Å². The zero-order chi connectivity index (χ0) is 13.8. The molecule has 0 saturated carbocycles. The summed E-state index contributed by atoms with van der Waals surface area (Å²) >= 11 is 1.61. The number of nitrogens with one attached hydrogen (secondary N) is 1. The molecule has 0 aliphatic carbocycles. The molecule has 1 N–H and O–H groups in total. The molecule has 0 saturated heterocycles. The Hall–Kier alpha value is -2.34. The Morgan fingerprint density at radius 1 is 1.40 bits per heavy atom. The van der Waals surface area contributed by atoms with Crippen LogP contribution >= 0.6 is 11.3 Å². The lowest BCUT2D eigenvalue weighted by Crippen LogP contribution is -2.25. The largest absolute Gasteiger partial charge is 0.351 e. The van der Waals surface area contributed by atoms with Gasteiger partial charge in [-0.05, 0) is 17.5 Å². The van der Waals surface area contributed by atoms with Crippen LogP contribution in [-0.4, -0.2) is 26.6 Å². The summed E-state index contributed by atoms with van der Waals surface area (Å²) in [7, 11) is 0. The van der Waals surface area contributed by atoms with Crippen LogP contribution in [0.2, 0.25) is 0 Å². The fraction of sp³-hybridized carbons (Fsp3) is 0.143. The summed E-state index contributed by atoms with van der Waals surface area (Å²) in [5.74, 6) is -0.0740. The first-order valence-corrected chi connectivity index (χ1v) is 7.19. The Balaban J connectivity index is 1.50. The Morgan fingerprint density at radius 3 is 3.20 bits per heavy atom. The third kappa shape index (κ3) is 2.80. The summed E-state index contributed by atoms with van der Waals surface area (Å²) in [6.45, 7) is 1.31. The summed E-state index contributed by atoms with van der Waals surface area (Å²) in [4.78, 5) is 12.7. The van der Waals surface area contributed by atoms with Gasteiger partial charge in [-0.2, -0.15) is 5.10 Å². The smallest absolute Gasteiger partial charge is 0.244 e. The molecule has 0 aliphatic rings. The lowest BCUT2D eigenvalue weighted by atomic mass is 10.4. The molecule has 0 radical (unpaired) electrons. The predicted molar refractivity (Wildman–Crippen MR) is 79.5 cm³/mol. The van der Waals surface area contributed by atoms with Crippen molar-refractivity contribution in [2.24, 2.45) is 0 Å². The number of carbonyl (C=O) groups is 1. The molecule has 3 aromatic heterocycles. The molecule has 0 unspecified atom stereocenters. The molecular formula is C14H14N4OS. The first-order valence-electron chi connectivity index (χ1n) is 6.31. The fourth-order valence-corrected chi connectivity index (χ4v) is 2.58. The number of amides is 1. The van der Waals surface area contributed by atoms with Crippen LogP contribution in [0.3, 0.4) is 0 Å². The molecule has 20 heavy (non-hydrogen) atoms. The van der Waals surface area contributed by atoms with Gasteiger partial charge in [-0.25, -0.2) is 4.52 Å². The number of carbonyl (C=O) groups excluding carboxylic acids is 1. The van der Waals surface area contributed by atoms with Gasteiger partial charge in [-0.1, -0.05) is 6.07 Å². The monoisotopic (exact) mass is 286 g/mol. The van der Waals surface area contributed by atoms with Gasteiger partial charge in [-0.3, -0.25) is 4.79 Å². The maximum absolute atomic E-state index is 11.7. The van der Waals surface area contributed by atoms with E-state index in [0.717, 1.165) is 17.1 Å². The summed E-state index contributed by atoms with van der Waals surface area (Å²) in [6, 6.07) is 5.88. The van der Waals surface area contributed by atoms with Crippen molar-refractivity contribution >= 4 is 29.0 Å². The maximum atomic E-state index is 11.7. The molecule has 6 heteroatoms. The molecule has 0 atom stereocenters. The number of hydrogen-bond donors (Lipinski definition) is 1. The van der Waals surface area contributed by atoms with Crippen molar-refractivity contribution in [1.29, 1.82) is 0 Å². The molecule has 0 aliphatic heterocycles. The second-order valence-corrected chi connectivity index (χ2v) is 5.24. The molecule has 0 bridgehead atoms. The average molecular weight is 286 g/mol. The van der Waals surface area contributed by atoms with Gasteiger partial charge in [0.1, 0.15) is 5.65 Å². The summed E-state index contributed by atoms with van der Waals surface area (Å²) in [5.41, 5.74) is 1.02. The highest BCUT2D eigenvalue weighted by Crippen LogP contribution is 2.09.